The van der Waals surface area contributed by atoms with Crippen molar-refractivity contribution in [2.24, 2.45) is 0 Å². The van der Waals surface area contributed by atoms with Crippen molar-refractivity contribution in [3.63, 3.8) is 0 Å². The number of hydrogen-bond donors (Lipinski definition) is 2. The summed E-state index contributed by atoms with van der Waals surface area (Å²) in [5.74, 6) is -0.855. The minimum atomic E-state index is -0.841. The molecule has 0 aromatic heterocycles. The highest BCUT2D eigenvalue weighted by atomic mass is 16.5. The minimum Gasteiger partial charge on any atom is -0.449 e. The zero-order valence-electron chi connectivity index (χ0n) is 12.6. The SMILES string of the molecule is Cc1cc(C)c(C(=O)OC(C)C(=O)NC(C)C)cc1N. The number of rotatable bonds is 4. The first-order valence-corrected chi connectivity index (χ1v) is 6.60. The lowest BCUT2D eigenvalue weighted by atomic mass is 10.0. The third kappa shape index (κ3) is 3.98. The van der Waals surface area contributed by atoms with Crippen LogP contribution in [0, 0.1) is 13.8 Å². The van der Waals surface area contributed by atoms with E-state index in [9.17, 15) is 9.59 Å². The Morgan fingerprint density at radius 2 is 1.75 bits per heavy atom. The minimum absolute atomic E-state index is 0.000377. The quantitative estimate of drug-likeness (QED) is 0.651. The highest BCUT2D eigenvalue weighted by Crippen LogP contribution is 2.19. The topological polar surface area (TPSA) is 81.4 Å². The Bertz CT molecular complexity index is 524. The van der Waals surface area contributed by atoms with Crippen LogP contribution in [-0.2, 0) is 9.53 Å². The summed E-state index contributed by atoms with van der Waals surface area (Å²) in [6.45, 7) is 8.91. The molecule has 1 rings (SSSR count). The molecule has 0 spiro atoms. The zero-order valence-corrected chi connectivity index (χ0v) is 12.6. The molecule has 5 heteroatoms. The van der Waals surface area contributed by atoms with Gasteiger partial charge in [0.15, 0.2) is 6.10 Å². The van der Waals surface area contributed by atoms with Gasteiger partial charge in [0.2, 0.25) is 0 Å². The van der Waals surface area contributed by atoms with Crippen molar-refractivity contribution >= 4 is 17.6 Å². The van der Waals surface area contributed by atoms with Gasteiger partial charge in [-0.3, -0.25) is 4.79 Å². The van der Waals surface area contributed by atoms with Crippen LogP contribution in [0.1, 0.15) is 42.3 Å². The van der Waals surface area contributed by atoms with Gasteiger partial charge in [0.25, 0.3) is 5.91 Å². The summed E-state index contributed by atoms with van der Waals surface area (Å²) in [6, 6.07) is 3.41. The third-order valence-corrected chi connectivity index (χ3v) is 2.92. The lowest BCUT2D eigenvalue weighted by Gasteiger charge is -2.16. The highest BCUT2D eigenvalue weighted by molar-refractivity contribution is 5.94. The Morgan fingerprint density at radius 3 is 2.30 bits per heavy atom. The van der Waals surface area contributed by atoms with E-state index in [0.717, 1.165) is 11.1 Å². The first-order valence-electron chi connectivity index (χ1n) is 6.60. The average molecular weight is 278 g/mol. The van der Waals surface area contributed by atoms with Crippen LogP contribution in [-0.4, -0.2) is 24.0 Å². The molecule has 3 N–H and O–H groups in total. The van der Waals surface area contributed by atoms with Gasteiger partial charge >= 0.3 is 5.97 Å². The van der Waals surface area contributed by atoms with E-state index in [1.54, 1.807) is 13.0 Å². The van der Waals surface area contributed by atoms with Crippen LogP contribution in [0.5, 0.6) is 0 Å². The summed E-state index contributed by atoms with van der Waals surface area (Å²) < 4.78 is 5.17. The number of nitrogens with two attached hydrogens (primary N) is 1. The van der Waals surface area contributed by atoms with Crippen molar-refractivity contribution in [1.82, 2.24) is 5.32 Å². The molecule has 1 atom stereocenters. The molecule has 0 saturated heterocycles. The molecule has 1 unspecified atom stereocenters. The van der Waals surface area contributed by atoms with Gasteiger partial charge in [-0.15, -0.1) is 0 Å². The Hall–Kier alpha value is -2.04. The number of aryl methyl sites for hydroxylation is 2. The van der Waals surface area contributed by atoms with E-state index in [0.29, 0.717) is 11.3 Å². The maximum Gasteiger partial charge on any atom is 0.339 e. The molecular formula is C15H22N2O3. The maximum atomic E-state index is 12.1. The number of esters is 1. The van der Waals surface area contributed by atoms with Crippen molar-refractivity contribution < 1.29 is 14.3 Å². The fourth-order valence-corrected chi connectivity index (χ4v) is 1.77. The molecule has 0 fully saturated rings. The van der Waals surface area contributed by atoms with Crippen molar-refractivity contribution in [2.75, 3.05) is 5.73 Å². The van der Waals surface area contributed by atoms with Gasteiger partial charge in [-0.25, -0.2) is 4.79 Å². The largest absolute Gasteiger partial charge is 0.449 e. The number of carbonyl (C=O) groups excluding carboxylic acids is 2. The number of nitrogen functional groups attached to an aromatic ring is 1. The van der Waals surface area contributed by atoms with Crippen LogP contribution in [0.2, 0.25) is 0 Å². The van der Waals surface area contributed by atoms with Crippen LogP contribution in [0.25, 0.3) is 0 Å². The Kier molecular flexibility index (Phi) is 5.13. The number of anilines is 1. The second-order valence-electron chi connectivity index (χ2n) is 5.23. The molecule has 0 bridgehead atoms. The third-order valence-electron chi connectivity index (χ3n) is 2.92. The lowest BCUT2D eigenvalue weighted by Crippen LogP contribution is -2.39. The van der Waals surface area contributed by atoms with Gasteiger partial charge in [0.05, 0.1) is 5.56 Å². The van der Waals surface area contributed by atoms with Gasteiger partial charge in [0, 0.05) is 11.7 Å². The van der Waals surface area contributed by atoms with E-state index in [-0.39, 0.29) is 11.9 Å². The van der Waals surface area contributed by atoms with Gasteiger partial charge in [-0.2, -0.15) is 0 Å². The average Bonchev–Trinajstić information content (AvgIpc) is 2.32. The Labute approximate surface area is 119 Å². The standard InChI is InChI=1S/C15H22N2O3/c1-8(2)17-14(18)11(5)20-15(19)12-7-13(16)10(4)6-9(12)3/h6-8,11H,16H2,1-5H3,(H,17,18). The van der Waals surface area contributed by atoms with E-state index in [1.807, 2.05) is 33.8 Å². The number of nitrogens with one attached hydrogen (secondary N) is 1. The summed E-state index contributed by atoms with van der Waals surface area (Å²) in [4.78, 5) is 23.8. The van der Waals surface area contributed by atoms with Crippen LogP contribution < -0.4 is 11.1 Å². The molecule has 1 aromatic rings. The number of amides is 1. The number of carbonyl (C=O) groups is 2. The van der Waals surface area contributed by atoms with Crippen LogP contribution >= 0.6 is 0 Å². The first-order chi connectivity index (χ1) is 9.22. The smallest absolute Gasteiger partial charge is 0.339 e. The van der Waals surface area contributed by atoms with E-state index >= 15 is 0 Å². The fraction of sp³-hybridized carbons (Fsp3) is 0.467. The summed E-state index contributed by atoms with van der Waals surface area (Å²) in [5, 5.41) is 2.69. The molecule has 0 aliphatic rings. The molecule has 0 aliphatic carbocycles. The predicted molar refractivity (Wildman–Crippen MR) is 78.5 cm³/mol. The van der Waals surface area contributed by atoms with Gasteiger partial charge in [-0.1, -0.05) is 6.07 Å². The molecular weight excluding hydrogens is 256 g/mol. The van der Waals surface area contributed by atoms with E-state index < -0.39 is 12.1 Å². The molecule has 1 aromatic carbocycles. The highest BCUT2D eigenvalue weighted by Gasteiger charge is 2.20. The van der Waals surface area contributed by atoms with Crippen molar-refractivity contribution in [3.05, 3.63) is 28.8 Å². The second kappa shape index (κ2) is 6.41. The number of ether oxygens (including phenoxy) is 1. The van der Waals surface area contributed by atoms with Gasteiger partial charge < -0.3 is 15.8 Å². The van der Waals surface area contributed by atoms with Crippen molar-refractivity contribution in [3.8, 4) is 0 Å². The van der Waals surface area contributed by atoms with Crippen molar-refractivity contribution in [1.29, 1.82) is 0 Å². The van der Waals surface area contributed by atoms with Crippen LogP contribution in [0.3, 0.4) is 0 Å². The molecule has 0 aliphatic heterocycles. The molecule has 20 heavy (non-hydrogen) atoms. The van der Waals surface area contributed by atoms with Gasteiger partial charge in [-0.05, 0) is 51.8 Å². The Morgan fingerprint density at radius 1 is 1.15 bits per heavy atom. The monoisotopic (exact) mass is 278 g/mol. The normalized spacial score (nSPS) is 12.1. The molecule has 5 nitrogen and oxygen atoms in total. The zero-order chi connectivity index (χ0) is 15.4. The van der Waals surface area contributed by atoms with Crippen LogP contribution in [0.4, 0.5) is 5.69 Å². The maximum absolute atomic E-state index is 12.1. The molecule has 0 heterocycles. The number of hydrogen-bond acceptors (Lipinski definition) is 4. The molecule has 1 amide bonds. The summed E-state index contributed by atoms with van der Waals surface area (Å²) >= 11 is 0. The summed E-state index contributed by atoms with van der Waals surface area (Å²) in [6.07, 6.45) is -0.841. The van der Waals surface area contributed by atoms with Gasteiger partial charge in [0.1, 0.15) is 0 Å². The Balaban J connectivity index is 2.81. The van der Waals surface area contributed by atoms with E-state index in [2.05, 4.69) is 5.32 Å². The molecule has 0 radical (unpaired) electrons. The summed E-state index contributed by atoms with van der Waals surface area (Å²) in [5.41, 5.74) is 8.40. The van der Waals surface area contributed by atoms with Crippen LogP contribution in [0.15, 0.2) is 12.1 Å². The predicted octanol–water partition coefficient (Wildman–Crippen LogP) is 1.96. The first kappa shape index (κ1) is 16.0. The van der Waals surface area contributed by atoms with Crippen molar-refractivity contribution in [2.45, 2.75) is 46.8 Å². The van der Waals surface area contributed by atoms with E-state index in [4.69, 9.17) is 10.5 Å². The molecule has 110 valence electrons. The number of benzene rings is 1. The summed E-state index contributed by atoms with van der Waals surface area (Å²) in [7, 11) is 0. The van der Waals surface area contributed by atoms with E-state index in [1.165, 1.54) is 0 Å². The fourth-order valence-electron chi connectivity index (χ4n) is 1.77. The molecule has 0 saturated carbocycles. The lowest BCUT2D eigenvalue weighted by molar-refractivity contribution is -0.129. The second-order valence-corrected chi connectivity index (χ2v) is 5.23.